The van der Waals surface area contributed by atoms with Crippen LogP contribution in [0.5, 0.6) is 0 Å². The van der Waals surface area contributed by atoms with Gasteiger partial charge in [-0.05, 0) is 42.8 Å². The van der Waals surface area contributed by atoms with Gasteiger partial charge in [0.15, 0.2) is 5.82 Å². The first kappa shape index (κ1) is 27.0. The summed E-state index contributed by atoms with van der Waals surface area (Å²) in [7, 11) is 0. The van der Waals surface area contributed by atoms with E-state index in [9.17, 15) is 35.9 Å². The zero-order chi connectivity index (χ0) is 28.9. The lowest BCUT2D eigenvalue weighted by Crippen LogP contribution is -2.42. The lowest BCUT2D eigenvalue weighted by Gasteiger charge is -2.18. The Morgan fingerprint density at radius 3 is 2.48 bits per heavy atom. The third-order valence-electron chi connectivity index (χ3n) is 6.68. The van der Waals surface area contributed by atoms with Crippen molar-refractivity contribution in [2.75, 3.05) is 18.8 Å². The highest BCUT2D eigenvalue weighted by atomic mass is 19.4. The first-order valence-corrected chi connectivity index (χ1v) is 11.9. The summed E-state index contributed by atoms with van der Waals surface area (Å²) in [6, 6.07) is 6.68. The molecule has 1 aliphatic heterocycles. The number of aromatic nitrogens is 3. The van der Waals surface area contributed by atoms with Gasteiger partial charge in [-0.2, -0.15) is 18.3 Å². The molecular weight excluding hydrogens is 542 g/mol. The molecule has 1 fully saturated rings. The standard InChI is InChI=1S/C26H20F6N6O2/c1-12-6-18(28)15(7-14(12)21-8-16(26(30,31)32)22-23(33)34-11-35-38(21)22)24(39)36-20-10-37(9-19(20)29)25(40)13-4-2-3-5-17(13)27/h2-8,11,19-20H,9-10H2,1H3,(H,36,39)(H2,33,34,35)/t19-,20+/m0/s1. The van der Waals surface area contributed by atoms with Crippen LogP contribution in [0.15, 0.2) is 48.8 Å². The molecule has 2 aromatic heterocycles. The molecule has 2 amide bonds. The molecule has 0 radical (unpaired) electrons. The van der Waals surface area contributed by atoms with Crippen LogP contribution in [0.2, 0.25) is 0 Å². The average molecular weight is 562 g/mol. The molecule has 1 saturated heterocycles. The number of fused-ring (bicyclic) bond motifs is 1. The molecule has 5 rings (SSSR count). The molecule has 0 spiro atoms. The molecule has 1 aliphatic rings. The maximum Gasteiger partial charge on any atom is 0.418 e. The second-order valence-electron chi connectivity index (χ2n) is 9.28. The molecule has 0 bridgehead atoms. The van der Waals surface area contributed by atoms with Crippen LogP contribution in [0.3, 0.4) is 0 Å². The second-order valence-corrected chi connectivity index (χ2v) is 9.28. The van der Waals surface area contributed by atoms with Crippen LogP contribution in [0.1, 0.15) is 31.8 Å². The van der Waals surface area contributed by atoms with E-state index in [1.807, 2.05) is 0 Å². The Morgan fingerprint density at radius 2 is 1.77 bits per heavy atom. The molecule has 14 heteroatoms. The quantitative estimate of drug-likeness (QED) is 0.363. The Labute approximate surface area is 222 Å². The Hall–Kier alpha value is -4.62. The summed E-state index contributed by atoms with van der Waals surface area (Å²) in [5.41, 5.74) is 3.31. The van der Waals surface area contributed by atoms with Gasteiger partial charge in [-0.15, -0.1) is 0 Å². The third kappa shape index (κ3) is 4.69. The summed E-state index contributed by atoms with van der Waals surface area (Å²) in [4.78, 5) is 30.3. The van der Waals surface area contributed by atoms with Crippen molar-refractivity contribution in [1.82, 2.24) is 24.8 Å². The van der Waals surface area contributed by atoms with E-state index in [1.54, 1.807) is 0 Å². The molecule has 0 unspecified atom stereocenters. The molecule has 40 heavy (non-hydrogen) atoms. The minimum atomic E-state index is -4.82. The summed E-state index contributed by atoms with van der Waals surface area (Å²) in [6.07, 6.45) is -5.61. The monoisotopic (exact) mass is 562 g/mol. The highest BCUT2D eigenvalue weighted by molar-refractivity contribution is 5.97. The van der Waals surface area contributed by atoms with Gasteiger partial charge in [0.05, 0.1) is 35.0 Å². The lowest BCUT2D eigenvalue weighted by molar-refractivity contribution is -0.136. The minimum Gasteiger partial charge on any atom is -0.382 e. The van der Waals surface area contributed by atoms with E-state index in [-0.39, 0.29) is 28.9 Å². The van der Waals surface area contributed by atoms with Gasteiger partial charge >= 0.3 is 6.18 Å². The van der Waals surface area contributed by atoms with Crippen molar-refractivity contribution in [3.8, 4) is 11.3 Å². The maximum absolute atomic E-state index is 14.9. The van der Waals surface area contributed by atoms with Crippen molar-refractivity contribution in [1.29, 1.82) is 0 Å². The molecule has 3 heterocycles. The number of nitrogen functional groups attached to an aromatic ring is 1. The smallest absolute Gasteiger partial charge is 0.382 e. The fraction of sp³-hybridized carbons (Fsp3) is 0.231. The molecule has 0 aliphatic carbocycles. The van der Waals surface area contributed by atoms with Gasteiger partial charge in [0.1, 0.15) is 29.7 Å². The number of rotatable bonds is 4. The molecule has 208 valence electrons. The van der Waals surface area contributed by atoms with Crippen LogP contribution in [0.25, 0.3) is 16.8 Å². The van der Waals surface area contributed by atoms with E-state index in [0.717, 1.165) is 40.0 Å². The largest absolute Gasteiger partial charge is 0.418 e. The van der Waals surface area contributed by atoms with Gasteiger partial charge in [-0.1, -0.05) is 12.1 Å². The number of amides is 2. The van der Waals surface area contributed by atoms with Crippen LogP contribution < -0.4 is 11.1 Å². The molecule has 8 nitrogen and oxygen atoms in total. The van der Waals surface area contributed by atoms with E-state index in [1.165, 1.54) is 25.1 Å². The number of anilines is 1. The normalized spacial score (nSPS) is 17.4. The lowest BCUT2D eigenvalue weighted by atomic mass is 10.0. The predicted octanol–water partition coefficient (Wildman–Crippen LogP) is 4.18. The van der Waals surface area contributed by atoms with Crippen molar-refractivity contribution < 1.29 is 35.9 Å². The highest BCUT2D eigenvalue weighted by Crippen LogP contribution is 2.39. The van der Waals surface area contributed by atoms with E-state index < -0.39 is 70.8 Å². The Kier molecular flexibility index (Phi) is 6.64. The highest BCUT2D eigenvalue weighted by Gasteiger charge is 2.39. The number of carbonyl (C=O) groups excluding carboxylic acids is 2. The van der Waals surface area contributed by atoms with Gasteiger partial charge in [0.25, 0.3) is 11.8 Å². The third-order valence-corrected chi connectivity index (χ3v) is 6.68. The average Bonchev–Trinajstić information content (AvgIpc) is 3.46. The SMILES string of the molecule is Cc1cc(F)c(C(=O)N[C@@H]2CN(C(=O)c3ccccc3F)C[C@@H]2F)cc1-c1cc(C(F)(F)F)c2c(N)ncnn12. The summed E-state index contributed by atoms with van der Waals surface area (Å²) in [5.74, 6) is -4.06. The Balaban J connectivity index is 1.45. The number of halogens is 6. The van der Waals surface area contributed by atoms with E-state index in [4.69, 9.17) is 5.73 Å². The first-order chi connectivity index (χ1) is 18.9. The fourth-order valence-electron chi connectivity index (χ4n) is 4.72. The topological polar surface area (TPSA) is 106 Å². The molecule has 2 aromatic carbocycles. The van der Waals surface area contributed by atoms with E-state index >= 15 is 0 Å². The van der Waals surface area contributed by atoms with Crippen LogP contribution in [0.4, 0.5) is 32.2 Å². The van der Waals surface area contributed by atoms with Gasteiger partial charge in [-0.3, -0.25) is 9.59 Å². The van der Waals surface area contributed by atoms with Crippen LogP contribution in [0, 0.1) is 18.6 Å². The van der Waals surface area contributed by atoms with E-state index in [2.05, 4.69) is 15.4 Å². The number of benzene rings is 2. The van der Waals surface area contributed by atoms with E-state index in [0.29, 0.717) is 0 Å². The number of aryl methyl sites for hydroxylation is 1. The summed E-state index contributed by atoms with van der Waals surface area (Å²) in [6.45, 7) is 0.685. The number of hydrogen-bond acceptors (Lipinski definition) is 5. The number of nitrogens with one attached hydrogen (secondary N) is 1. The molecule has 4 aromatic rings. The number of alkyl halides is 4. The van der Waals surface area contributed by atoms with Gasteiger partial charge < -0.3 is 16.0 Å². The zero-order valence-electron chi connectivity index (χ0n) is 20.6. The predicted molar refractivity (Wildman–Crippen MR) is 131 cm³/mol. The molecule has 0 saturated carbocycles. The Morgan fingerprint density at radius 1 is 1.05 bits per heavy atom. The Bertz CT molecular complexity index is 1650. The number of nitrogens with two attached hydrogens (primary N) is 1. The second kappa shape index (κ2) is 9.84. The van der Waals surface area contributed by atoms with Gasteiger partial charge in [-0.25, -0.2) is 22.7 Å². The van der Waals surface area contributed by atoms with Crippen LogP contribution in [-0.2, 0) is 6.18 Å². The number of likely N-dealkylation sites (tertiary alicyclic amines) is 1. The van der Waals surface area contributed by atoms with Gasteiger partial charge in [0.2, 0.25) is 0 Å². The van der Waals surface area contributed by atoms with Crippen LogP contribution >= 0.6 is 0 Å². The van der Waals surface area contributed by atoms with Crippen molar-refractivity contribution in [2.45, 2.75) is 25.3 Å². The molecule has 2 atom stereocenters. The van der Waals surface area contributed by atoms with Crippen LogP contribution in [-0.4, -0.2) is 56.6 Å². The van der Waals surface area contributed by atoms with Crippen molar-refractivity contribution in [3.05, 3.63) is 82.7 Å². The number of nitrogens with zero attached hydrogens (tertiary/aromatic N) is 4. The van der Waals surface area contributed by atoms with Gasteiger partial charge in [0, 0.05) is 12.1 Å². The first-order valence-electron chi connectivity index (χ1n) is 11.9. The van der Waals surface area contributed by atoms with Crippen molar-refractivity contribution in [3.63, 3.8) is 0 Å². The minimum absolute atomic E-state index is 0.0368. The molecule has 3 N–H and O–H groups in total. The maximum atomic E-state index is 14.9. The fourth-order valence-corrected chi connectivity index (χ4v) is 4.72. The summed E-state index contributed by atoms with van der Waals surface area (Å²) >= 11 is 0. The van der Waals surface area contributed by atoms with Crippen molar-refractivity contribution in [2.24, 2.45) is 0 Å². The summed E-state index contributed by atoms with van der Waals surface area (Å²) < 4.78 is 85.9. The number of carbonyl (C=O) groups is 2. The summed E-state index contributed by atoms with van der Waals surface area (Å²) in [5, 5.41) is 6.19. The molecular formula is C26H20F6N6O2. The van der Waals surface area contributed by atoms with Crippen molar-refractivity contribution >= 4 is 23.1 Å². The number of hydrogen-bond donors (Lipinski definition) is 2. The zero-order valence-corrected chi connectivity index (χ0v) is 20.6.